The molecule has 88 valence electrons. The van der Waals surface area contributed by atoms with Gasteiger partial charge >= 0.3 is 0 Å². The number of nitrogens with zero attached hydrogens (tertiary/aromatic N) is 1. The van der Waals surface area contributed by atoms with Crippen molar-refractivity contribution in [3.8, 4) is 11.3 Å². The Bertz CT molecular complexity index is 518. The fraction of sp³-hybridized carbons (Fsp3) is 0.267. The molecule has 0 unspecified atom stereocenters. The van der Waals surface area contributed by atoms with Gasteiger partial charge in [-0.2, -0.15) is 0 Å². The van der Waals surface area contributed by atoms with Crippen LogP contribution in [-0.4, -0.2) is 11.5 Å². The molecule has 2 heteroatoms. The Labute approximate surface area is 103 Å². The lowest BCUT2D eigenvalue weighted by Crippen LogP contribution is -1.97. The number of hydrogen-bond donors (Lipinski definition) is 1. The molecule has 0 aliphatic rings. The highest BCUT2D eigenvalue weighted by Gasteiger charge is 2.04. The molecule has 0 saturated heterocycles. The van der Waals surface area contributed by atoms with Crippen LogP contribution in [-0.2, 0) is 0 Å². The van der Waals surface area contributed by atoms with Gasteiger partial charge in [-0.1, -0.05) is 23.8 Å². The lowest BCUT2D eigenvalue weighted by molar-refractivity contribution is 1.20. The summed E-state index contributed by atoms with van der Waals surface area (Å²) in [5.41, 5.74) is 5.91. The molecule has 0 bridgehead atoms. The standard InChI is InChI=1S/C15H18N2/c1-4-16-13-7-8-17-15(10-13)14-6-5-11(2)9-12(14)3/h5-10H,4H2,1-3H3,(H,16,17). The highest BCUT2D eigenvalue weighted by Crippen LogP contribution is 2.24. The van der Waals surface area contributed by atoms with Crippen molar-refractivity contribution in [3.63, 3.8) is 0 Å². The van der Waals surface area contributed by atoms with Crippen LogP contribution in [0, 0.1) is 13.8 Å². The third-order valence-electron chi connectivity index (χ3n) is 2.80. The van der Waals surface area contributed by atoms with Gasteiger partial charge in [0.2, 0.25) is 0 Å². The number of nitrogens with one attached hydrogen (secondary N) is 1. The maximum atomic E-state index is 4.44. The number of benzene rings is 1. The average molecular weight is 226 g/mol. The number of aromatic nitrogens is 1. The summed E-state index contributed by atoms with van der Waals surface area (Å²) < 4.78 is 0. The number of hydrogen-bond acceptors (Lipinski definition) is 2. The number of anilines is 1. The minimum atomic E-state index is 0.927. The minimum absolute atomic E-state index is 0.927. The van der Waals surface area contributed by atoms with E-state index in [9.17, 15) is 0 Å². The van der Waals surface area contributed by atoms with Gasteiger partial charge in [0, 0.05) is 24.0 Å². The third kappa shape index (κ3) is 2.64. The first kappa shape index (κ1) is 11.6. The number of pyridine rings is 1. The Morgan fingerprint density at radius 1 is 1.12 bits per heavy atom. The van der Waals surface area contributed by atoms with Gasteiger partial charge in [0.15, 0.2) is 0 Å². The van der Waals surface area contributed by atoms with Crippen molar-refractivity contribution in [1.29, 1.82) is 0 Å². The molecule has 1 heterocycles. The molecule has 0 aliphatic heterocycles. The zero-order valence-electron chi connectivity index (χ0n) is 10.6. The van der Waals surface area contributed by atoms with E-state index in [0.717, 1.165) is 17.9 Å². The Kier molecular flexibility index (Phi) is 3.43. The van der Waals surface area contributed by atoms with E-state index < -0.39 is 0 Å². The molecule has 2 rings (SSSR count). The zero-order valence-corrected chi connectivity index (χ0v) is 10.6. The van der Waals surface area contributed by atoms with Crippen molar-refractivity contribution in [2.75, 3.05) is 11.9 Å². The van der Waals surface area contributed by atoms with Crippen molar-refractivity contribution < 1.29 is 0 Å². The number of rotatable bonds is 3. The Morgan fingerprint density at radius 3 is 2.65 bits per heavy atom. The van der Waals surface area contributed by atoms with Gasteiger partial charge in [0.25, 0.3) is 0 Å². The highest BCUT2D eigenvalue weighted by atomic mass is 14.9. The maximum absolute atomic E-state index is 4.44. The van der Waals surface area contributed by atoms with Gasteiger partial charge in [0.05, 0.1) is 5.69 Å². The van der Waals surface area contributed by atoms with Gasteiger partial charge < -0.3 is 5.32 Å². The van der Waals surface area contributed by atoms with E-state index in [1.54, 1.807) is 0 Å². The van der Waals surface area contributed by atoms with E-state index in [0.29, 0.717) is 0 Å². The van der Waals surface area contributed by atoms with Gasteiger partial charge in [-0.15, -0.1) is 0 Å². The van der Waals surface area contributed by atoms with E-state index in [4.69, 9.17) is 0 Å². The molecule has 1 aromatic carbocycles. The summed E-state index contributed by atoms with van der Waals surface area (Å²) in [5.74, 6) is 0. The highest BCUT2D eigenvalue weighted by molar-refractivity contribution is 5.67. The largest absolute Gasteiger partial charge is 0.385 e. The molecule has 1 N–H and O–H groups in total. The summed E-state index contributed by atoms with van der Waals surface area (Å²) >= 11 is 0. The summed E-state index contributed by atoms with van der Waals surface area (Å²) in [6, 6.07) is 10.6. The second kappa shape index (κ2) is 5.00. The van der Waals surface area contributed by atoms with Crippen LogP contribution in [0.15, 0.2) is 36.5 Å². The summed E-state index contributed by atoms with van der Waals surface area (Å²) in [4.78, 5) is 4.44. The van der Waals surface area contributed by atoms with E-state index in [1.807, 2.05) is 12.3 Å². The van der Waals surface area contributed by atoms with Crippen LogP contribution >= 0.6 is 0 Å². The molecule has 0 amide bonds. The normalized spacial score (nSPS) is 10.3. The van der Waals surface area contributed by atoms with Crippen LogP contribution in [0.5, 0.6) is 0 Å². The molecule has 0 aliphatic carbocycles. The average Bonchev–Trinajstić information content (AvgIpc) is 2.29. The molecule has 0 saturated carbocycles. The van der Waals surface area contributed by atoms with Crippen LogP contribution in [0.25, 0.3) is 11.3 Å². The fourth-order valence-corrected chi connectivity index (χ4v) is 1.99. The SMILES string of the molecule is CCNc1ccnc(-c2ccc(C)cc2C)c1. The van der Waals surface area contributed by atoms with Crippen LogP contribution in [0.4, 0.5) is 5.69 Å². The quantitative estimate of drug-likeness (QED) is 0.861. The Balaban J connectivity index is 2.42. The molecule has 0 spiro atoms. The predicted molar refractivity (Wildman–Crippen MR) is 73.3 cm³/mol. The van der Waals surface area contributed by atoms with Crippen LogP contribution in [0.2, 0.25) is 0 Å². The van der Waals surface area contributed by atoms with E-state index in [2.05, 4.69) is 55.3 Å². The fourth-order valence-electron chi connectivity index (χ4n) is 1.99. The van der Waals surface area contributed by atoms with E-state index >= 15 is 0 Å². The molecule has 0 radical (unpaired) electrons. The monoisotopic (exact) mass is 226 g/mol. The van der Waals surface area contributed by atoms with Crippen LogP contribution in [0.1, 0.15) is 18.1 Å². The lowest BCUT2D eigenvalue weighted by Gasteiger charge is -2.08. The maximum Gasteiger partial charge on any atom is 0.0725 e. The van der Waals surface area contributed by atoms with Crippen molar-refractivity contribution in [2.24, 2.45) is 0 Å². The molecule has 17 heavy (non-hydrogen) atoms. The predicted octanol–water partition coefficient (Wildman–Crippen LogP) is 3.80. The molecule has 0 fully saturated rings. The molecular weight excluding hydrogens is 208 g/mol. The molecule has 0 atom stereocenters. The van der Waals surface area contributed by atoms with Crippen molar-refractivity contribution in [3.05, 3.63) is 47.7 Å². The Morgan fingerprint density at radius 2 is 1.94 bits per heavy atom. The van der Waals surface area contributed by atoms with Gasteiger partial charge in [-0.3, -0.25) is 4.98 Å². The topological polar surface area (TPSA) is 24.9 Å². The Hall–Kier alpha value is -1.83. The molecule has 2 aromatic rings. The summed E-state index contributed by atoms with van der Waals surface area (Å²) in [5, 5.41) is 3.31. The number of aryl methyl sites for hydroxylation is 2. The molecule has 1 aromatic heterocycles. The third-order valence-corrected chi connectivity index (χ3v) is 2.80. The van der Waals surface area contributed by atoms with Crippen LogP contribution < -0.4 is 5.32 Å². The second-order valence-corrected chi connectivity index (χ2v) is 4.28. The van der Waals surface area contributed by atoms with Crippen molar-refractivity contribution >= 4 is 5.69 Å². The van der Waals surface area contributed by atoms with Crippen LogP contribution in [0.3, 0.4) is 0 Å². The summed E-state index contributed by atoms with van der Waals surface area (Å²) in [7, 11) is 0. The first-order chi connectivity index (χ1) is 8.20. The smallest absolute Gasteiger partial charge is 0.0725 e. The first-order valence-corrected chi connectivity index (χ1v) is 5.98. The summed E-state index contributed by atoms with van der Waals surface area (Å²) in [6.07, 6.45) is 1.85. The van der Waals surface area contributed by atoms with E-state index in [-0.39, 0.29) is 0 Å². The minimum Gasteiger partial charge on any atom is -0.385 e. The summed E-state index contributed by atoms with van der Waals surface area (Å²) in [6.45, 7) is 7.26. The van der Waals surface area contributed by atoms with Crippen molar-refractivity contribution in [2.45, 2.75) is 20.8 Å². The molecular formula is C15H18N2. The van der Waals surface area contributed by atoms with E-state index in [1.165, 1.54) is 16.7 Å². The van der Waals surface area contributed by atoms with Gasteiger partial charge in [-0.05, 0) is 38.5 Å². The second-order valence-electron chi connectivity index (χ2n) is 4.28. The lowest BCUT2D eigenvalue weighted by atomic mass is 10.0. The zero-order chi connectivity index (χ0) is 12.3. The van der Waals surface area contributed by atoms with Gasteiger partial charge in [-0.25, -0.2) is 0 Å². The first-order valence-electron chi connectivity index (χ1n) is 5.98. The molecule has 2 nitrogen and oxygen atoms in total. The van der Waals surface area contributed by atoms with Gasteiger partial charge in [0.1, 0.15) is 0 Å². The van der Waals surface area contributed by atoms with Crippen molar-refractivity contribution in [1.82, 2.24) is 4.98 Å².